The molecule has 2 aliphatic rings. The quantitative estimate of drug-likeness (QED) is 0.546. The van der Waals surface area contributed by atoms with Crippen LogP contribution in [-0.2, 0) is 11.4 Å². The van der Waals surface area contributed by atoms with Crippen molar-refractivity contribution in [3.63, 3.8) is 0 Å². The van der Waals surface area contributed by atoms with E-state index >= 15 is 0 Å². The van der Waals surface area contributed by atoms with Crippen LogP contribution in [0.1, 0.15) is 50.5 Å². The second kappa shape index (κ2) is 11.3. The lowest BCUT2D eigenvalue weighted by Crippen LogP contribution is -2.45. The maximum Gasteiger partial charge on any atom is 0.223 e. The molecule has 0 aliphatic heterocycles. The lowest BCUT2D eigenvalue weighted by atomic mass is 9.83. The van der Waals surface area contributed by atoms with E-state index in [0.717, 1.165) is 50.5 Å². The van der Waals surface area contributed by atoms with Crippen molar-refractivity contribution < 1.29 is 18.7 Å². The molecule has 2 fully saturated rings. The summed E-state index contributed by atoms with van der Waals surface area (Å²) in [5.41, 5.74) is 0.569. The second-order valence-electron chi connectivity index (χ2n) is 7.46. The summed E-state index contributed by atoms with van der Waals surface area (Å²) in [4.78, 5) is 12.2. The van der Waals surface area contributed by atoms with Gasteiger partial charge in [0.25, 0.3) is 0 Å². The van der Waals surface area contributed by atoms with Crippen molar-refractivity contribution in [1.29, 1.82) is 0 Å². The first kappa shape index (κ1) is 23.3. The number of hydrogen-bond acceptors (Lipinski definition) is 3. The van der Waals surface area contributed by atoms with E-state index in [0.29, 0.717) is 0 Å². The Balaban J connectivity index is 0.000000360. The number of aliphatic hydroxyl groups is 1. The summed E-state index contributed by atoms with van der Waals surface area (Å²) in [6, 6.07) is -0.719. The van der Waals surface area contributed by atoms with Gasteiger partial charge >= 0.3 is 0 Å². The normalized spacial score (nSPS) is 18.8. The molecule has 1 amide bonds. The van der Waals surface area contributed by atoms with Crippen LogP contribution in [0, 0.1) is 11.8 Å². The highest BCUT2D eigenvalue weighted by Gasteiger charge is 2.35. The summed E-state index contributed by atoms with van der Waals surface area (Å²) in [5, 5.41) is 17.0. The maximum absolute atomic E-state index is 14.3. The predicted molar refractivity (Wildman–Crippen MR) is 109 cm³/mol. The molecular formula is C21H28ClF2N3O2. The number of halogens is 3. The van der Waals surface area contributed by atoms with Gasteiger partial charge in [-0.2, -0.15) is 5.10 Å². The summed E-state index contributed by atoms with van der Waals surface area (Å²) in [5.74, 6) is -1.98. The summed E-state index contributed by atoms with van der Waals surface area (Å²) >= 11 is 5.61. The van der Waals surface area contributed by atoms with E-state index in [1.54, 1.807) is 12.4 Å². The molecule has 3 N–H and O–H groups in total. The molecule has 8 heteroatoms. The largest absolute Gasteiger partial charge is 0.392 e. The van der Waals surface area contributed by atoms with Gasteiger partial charge < -0.3 is 10.4 Å². The van der Waals surface area contributed by atoms with E-state index in [2.05, 4.69) is 28.7 Å². The second-order valence-corrected chi connectivity index (χ2v) is 7.92. The highest BCUT2D eigenvalue weighted by Crippen LogP contribution is 2.37. The predicted octanol–water partition coefficient (Wildman–Crippen LogP) is 4.82. The number of aromatic nitrogens is 2. The van der Waals surface area contributed by atoms with Crippen molar-refractivity contribution in [1.82, 2.24) is 15.5 Å². The molecule has 160 valence electrons. The number of aromatic amines is 1. The van der Waals surface area contributed by atoms with Gasteiger partial charge in [0, 0.05) is 23.3 Å². The summed E-state index contributed by atoms with van der Waals surface area (Å²) in [7, 11) is 0. The number of hydrogen-bond donors (Lipinski definition) is 3. The fraction of sp³-hybridized carbons (Fsp3) is 0.524. The zero-order chi connectivity index (χ0) is 21.4. The van der Waals surface area contributed by atoms with Crippen LogP contribution < -0.4 is 5.32 Å². The third-order valence-corrected chi connectivity index (χ3v) is 5.63. The monoisotopic (exact) mass is 427 g/mol. The van der Waals surface area contributed by atoms with Crippen LogP contribution in [0.25, 0.3) is 0 Å². The van der Waals surface area contributed by atoms with Crippen molar-refractivity contribution in [3.8, 4) is 0 Å². The topological polar surface area (TPSA) is 78.0 Å². The van der Waals surface area contributed by atoms with Crippen molar-refractivity contribution in [2.24, 2.45) is 11.8 Å². The molecule has 2 saturated carbocycles. The number of carbonyl (C=O) groups excluding carboxylic acids is 1. The van der Waals surface area contributed by atoms with E-state index < -0.39 is 17.7 Å². The van der Waals surface area contributed by atoms with E-state index in [-0.39, 0.29) is 35.0 Å². The van der Waals surface area contributed by atoms with Crippen molar-refractivity contribution in [2.45, 2.75) is 57.6 Å². The molecule has 0 radical (unpaired) electrons. The Labute approximate surface area is 174 Å². The minimum absolute atomic E-state index is 0.00768. The molecule has 0 bridgehead atoms. The van der Waals surface area contributed by atoms with Gasteiger partial charge in [-0.25, -0.2) is 8.78 Å². The Hall–Kier alpha value is -1.99. The van der Waals surface area contributed by atoms with Crippen LogP contribution >= 0.6 is 11.6 Å². The van der Waals surface area contributed by atoms with Crippen LogP contribution in [-0.4, -0.2) is 27.3 Å². The fourth-order valence-electron chi connectivity index (χ4n) is 3.59. The first-order valence-electron chi connectivity index (χ1n) is 9.83. The SMILES string of the molecule is C=C(Cl)/C(F)=C(\C(=C)F)C(NC(=O)C1CCC1)C1CCCC1.OCc1cn[nH]c1. The van der Waals surface area contributed by atoms with Gasteiger partial charge in [0.1, 0.15) is 11.7 Å². The Morgan fingerprint density at radius 2 is 1.93 bits per heavy atom. The Kier molecular flexibility index (Phi) is 9.04. The molecule has 29 heavy (non-hydrogen) atoms. The first-order valence-corrected chi connectivity index (χ1v) is 10.2. The molecule has 0 aromatic carbocycles. The van der Waals surface area contributed by atoms with Crippen LogP contribution in [0.3, 0.4) is 0 Å². The molecule has 1 heterocycles. The van der Waals surface area contributed by atoms with Crippen molar-refractivity contribution in [2.75, 3.05) is 0 Å². The third-order valence-electron chi connectivity index (χ3n) is 5.46. The molecule has 1 unspecified atom stereocenters. The third kappa shape index (κ3) is 6.51. The molecule has 1 aromatic rings. The number of rotatable bonds is 7. The number of nitrogens with one attached hydrogen (secondary N) is 2. The molecular weight excluding hydrogens is 400 g/mol. The minimum Gasteiger partial charge on any atom is -0.392 e. The average molecular weight is 428 g/mol. The van der Waals surface area contributed by atoms with Crippen LogP contribution in [0.2, 0.25) is 0 Å². The standard InChI is InChI=1S/C17H22ClF2NO.C4H6N2O/c1-10(18)15(20)14(11(2)19)16(12-6-3-4-7-12)21-17(22)13-8-5-9-13;7-3-4-1-5-6-2-4/h12-13,16H,1-9H2,(H,21,22);1-2,7H,3H2,(H,5,6)/b15-14-;. The summed E-state index contributed by atoms with van der Waals surface area (Å²) in [6.07, 6.45) is 9.58. The van der Waals surface area contributed by atoms with Gasteiger partial charge in [-0.05, 0) is 31.6 Å². The molecule has 2 aliphatic carbocycles. The van der Waals surface area contributed by atoms with E-state index in [1.807, 2.05) is 0 Å². The summed E-state index contributed by atoms with van der Waals surface area (Å²) < 4.78 is 28.2. The summed E-state index contributed by atoms with van der Waals surface area (Å²) in [6.45, 7) is 6.61. The van der Waals surface area contributed by atoms with E-state index in [9.17, 15) is 13.6 Å². The van der Waals surface area contributed by atoms with Crippen LogP contribution in [0.15, 0.2) is 47.8 Å². The van der Waals surface area contributed by atoms with Gasteiger partial charge in [0.2, 0.25) is 5.91 Å². The van der Waals surface area contributed by atoms with Gasteiger partial charge in [-0.15, -0.1) is 0 Å². The molecule has 1 atom stereocenters. The van der Waals surface area contributed by atoms with Crippen LogP contribution in [0.4, 0.5) is 8.78 Å². The Morgan fingerprint density at radius 1 is 1.28 bits per heavy atom. The smallest absolute Gasteiger partial charge is 0.223 e. The zero-order valence-corrected chi connectivity index (χ0v) is 17.2. The molecule has 5 nitrogen and oxygen atoms in total. The Bertz CT molecular complexity index is 739. The highest BCUT2D eigenvalue weighted by molar-refractivity contribution is 6.31. The van der Waals surface area contributed by atoms with Gasteiger partial charge in [0.15, 0.2) is 0 Å². The minimum atomic E-state index is -0.917. The van der Waals surface area contributed by atoms with Crippen molar-refractivity contribution >= 4 is 17.5 Å². The zero-order valence-electron chi connectivity index (χ0n) is 16.4. The number of carbonyl (C=O) groups is 1. The fourth-order valence-corrected chi connectivity index (χ4v) is 3.69. The number of nitrogens with zero attached hydrogens (tertiary/aromatic N) is 1. The number of amides is 1. The molecule has 1 aromatic heterocycles. The average Bonchev–Trinajstić information content (AvgIpc) is 3.33. The molecule has 3 rings (SSSR count). The van der Waals surface area contributed by atoms with Gasteiger partial charge in [-0.3, -0.25) is 9.89 Å². The van der Waals surface area contributed by atoms with Gasteiger partial charge in [0.05, 0.1) is 23.9 Å². The van der Waals surface area contributed by atoms with E-state index in [1.165, 1.54) is 0 Å². The number of allylic oxidation sites excluding steroid dienone is 2. The number of aliphatic hydroxyl groups excluding tert-OH is 1. The first-order chi connectivity index (χ1) is 13.8. The molecule has 0 spiro atoms. The van der Waals surface area contributed by atoms with E-state index in [4.69, 9.17) is 16.7 Å². The highest BCUT2D eigenvalue weighted by atomic mass is 35.5. The molecule has 0 saturated heterocycles. The number of H-pyrrole nitrogens is 1. The lowest BCUT2D eigenvalue weighted by Gasteiger charge is -2.31. The van der Waals surface area contributed by atoms with Crippen LogP contribution in [0.5, 0.6) is 0 Å². The van der Waals surface area contributed by atoms with Gasteiger partial charge in [-0.1, -0.05) is 44.0 Å². The van der Waals surface area contributed by atoms with Crippen molar-refractivity contribution in [3.05, 3.63) is 53.4 Å². The Morgan fingerprint density at radius 3 is 2.31 bits per heavy atom. The lowest BCUT2D eigenvalue weighted by molar-refractivity contribution is -0.128. The maximum atomic E-state index is 14.3.